The predicted octanol–water partition coefficient (Wildman–Crippen LogP) is 4.50. The molecule has 2 heterocycles. The number of carbonyl (C=O) groups excluding carboxylic acids is 1. The average molecular weight is 417 g/mol. The van der Waals surface area contributed by atoms with Crippen LogP contribution in [0.1, 0.15) is 17.3 Å². The number of fused-ring (bicyclic) bond motifs is 1. The van der Waals surface area contributed by atoms with E-state index >= 15 is 0 Å². The van der Waals surface area contributed by atoms with Gasteiger partial charge in [-0.25, -0.2) is 9.97 Å². The van der Waals surface area contributed by atoms with Crippen LogP contribution in [0, 0.1) is 10.1 Å². The van der Waals surface area contributed by atoms with E-state index in [1.54, 1.807) is 6.07 Å². The van der Waals surface area contributed by atoms with E-state index in [0.29, 0.717) is 22.9 Å². The van der Waals surface area contributed by atoms with Crippen molar-refractivity contribution in [2.75, 3.05) is 12.4 Å². The van der Waals surface area contributed by atoms with Crippen LogP contribution in [0.5, 0.6) is 5.75 Å². The first-order valence-corrected chi connectivity index (χ1v) is 9.39. The molecule has 0 bridgehead atoms. The van der Waals surface area contributed by atoms with E-state index in [-0.39, 0.29) is 11.3 Å². The highest BCUT2D eigenvalue weighted by Crippen LogP contribution is 2.35. The van der Waals surface area contributed by atoms with Crippen LogP contribution < -0.4 is 10.1 Å². The van der Waals surface area contributed by atoms with Crippen LogP contribution in [-0.2, 0) is 7.05 Å². The van der Waals surface area contributed by atoms with Gasteiger partial charge in [-0.05, 0) is 31.2 Å². The summed E-state index contributed by atoms with van der Waals surface area (Å²) in [6.07, 6.45) is 3.41. The van der Waals surface area contributed by atoms with Gasteiger partial charge in [0.2, 0.25) is 0 Å². The van der Waals surface area contributed by atoms with Gasteiger partial charge in [-0.2, -0.15) is 0 Å². The lowest BCUT2D eigenvalue weighted by Gasteiger charge is -2.12. The number of hydrogen-bond acceptors (Lipinski definition) is 7. The van der Waals surface area contributed by atoms with Crippen LogP contribution in [0.25, 0.3) is 22.2 Å². The van der Waals surface area contributed by atoms with Crippen LogP contribution >= 0.6 is 0 Å². The van der Waals surface area contributed by atoms with Crippen molar-refractivity contribution in [3.63, 3.8) is 0 Å². The Hall–Kier alpha value is -4.27. The molecule has 4 aromatic rings. The van der Waals surface area contributed by atoms with Crippen LogP contribution in [0.4, 0.5) is 17.2 Å². The predicted molar refractivity (Wildman–Crippen MR) is 117 cm³/mol. The lowest BCUT2D eigenvalue weighted by atomic mass is 10.1. The molecule has 0 spiro atoms. The number of hydrogen-bond donors (Lipinski definition) is 1. The van der Waals surface area contributed by atoms with E-state index in [2.05, 4.69) is 15.3 Å². The van der Waals surface area contributed by atoms with Crippen molar-refractivity contribution < 1.29 is 14.5 Å². The van der Waals surface area contributed by atoms with Gasteiger partial charge >= 0.3 is 0 Å². The molecule has 2 aromatic heterocycles. The zero-order chi connectivity index (χ0) is 22.1. The molecule has 9 heteroatoms. The number of aryl methyl sites for hydroxylation is 1. The third kappa shape index (κ3) is 3.80. The Morgan fingerprint density at radius 2 is 1.97 bits per heavy atom. The number of nitro benzene ring substituents is 1. The topological polar surface area (TPSA) is 112 Å². The highest BCUT2D eigenvalue weighted by molar-refractivity contribution is 5.99. The number of nitrogens with zero attached hydrogens (tertiary/aromatic N) is 4. The third-order valence-corrected chi connectivity index (χ3v) is 5.00. The molecule has 0 fully saturated rings. The summed E-state index contributed by atoms with van der Waals surface area (Å²) in [5.74, 6) is 0.306. The van der Waals surface area contributed by atoms with Crippen molar-refractivity contribution in [3.05, 3.63) is 70.7 Å². The smallest absolute Gasteiger partial charge is 0.282 e. The normalized spacial score (nSPS) is 10.8. The van der Waals surface area contributed by atoms with Gasteiger partial charge in [-0.15, -0.1) is 0 Å². The lowest BCUT2D eigenvalue weighted by Crippen LogP contribution is -2.04. The summed E-state index contributed by atoms with van der Waals surface area (Å²) in [6.45, 7) is 1.27. The lowest BCUT2D eigenvalue weighted by molar-refractivity contribution is -0.385. The maximum absolute atomic E-state index is 11.8. The first kappa shape index (κ1) is 20.0. The van der Waals surface area contributed by atoms with Gasteiger partial charge in [0.1, 0.15) is 17.9 Å². The number of aromatic nitrogens is 3. The number of anilines is 2. The van der Waals surface area contributed by atoms with Crippen molar-refractivity contribution in [1.29, 1.82) is 0 Å². The summed E-state index contributed by atoms with van der Waals surface area (Å²) in [7, 11) is 3.41. The fourth-order valence-electron chi connectivity index (χ4n) is 3.43. The second-order valence-corrected chi connectivity index (χ2v) is 7.00. The van der Waals surface area contributed by atoms with E-state index in [0.717, 1.165) is 16.5 Å². The second-order valence-electron chi connectivity index (χ2n) is 7.00. The summed E-state index contributed by atoms with van der Waals surface area (Å²) in [6, 6.07) is 12.4. The maximum Gasteiger partial charge on any atom is 0.282 e. The van der Waals surface area contributed by atoms with E-state index in [9.17, 15) is 14.9 Å². The second kappa shape index (κ2) is 7.86. The molecule has 0 atom stereocenters. The molecule has 0 aliphatic carbocycles. The fraction of sp³-hybridized carbons (Fsp3) is 0.136. The number of carbonyl (C=O) groups is 1. The number of rotatable bonds is 6. The van der Waals surface area contributed by atoms with Crippen LogP contribution in [0.15, 0.2) is 55.0 Å². The largest absolute Gasteiger partial charge is 0.495 e. The molecule has 0 unspecified atom stereocenters. The Kier molecular flexibility index (Phi) is 5.08. The van der Waals surface area contributed by atoms with Crippen LogP contribution in [0.3, 0.4) is 0 Å². The zero-order valence-corrected chi connectivity index (χ0v) is 17.1. The van der Waals surface area contributed by atoms with Crippen molar-refractivity contribution in [2.45, 2.75) is 6.92 Å². The third-order valence-electron chi connectivity index (χ3n) is 5.00. The molecular weight excluding hydrogens is 398 g/mol. The quantitative estimate of drug-likeness (QED) is 0.279. The molecule has 1 N–H and O–H groups in total. The summed E-state index contributed by atoms with van der Waals surface area (Å²) >= 11 is 0. The monoisotopic (exact) mass is 417 g/mol. The molecule has 0 saturated heterocycles. The van der Waals surface area contributed by atoms with Gasteiger partial charge < -0.3 is 14.6 Å². The minimum atomic E-state index is -0.595. The standard InChI is InChI=1S/C22H19N5O4/c1-13(28)16-9-21(31-3)18(10-20(16)27(29)30)25-22-11-17(23-12-24-22)14-4-5-19-15(8-14)6-7-26(19)2/h4-12H,1-3H3,(H,23,24,25). The molecule has 0 radical (unpaired) electrons. The van der Waals surface area contributed by atoms with Crippen LogP contribution in [-0.4, -0.2) is 32.4 Å². The van der Waals surface area contributed by atoms with E-state index in [1.165, 1.54) is 32.5 Å². The van der Waals surface area contributed by atoms with E-state index in [1.807, 2.05) is 42.1 Å². The van der Waals surface area contributed by atoms with Gasteiger partial charge in [-0.3, -0.25) is 14.9 Å². The Morgan fingerprint density at radius 1 is 1.16 bits per heavy atom. The molecule has 0 amide bonds. The molecule has 9 nitrogen and oxygen atoms in total. The molecule has 0 aliphatic heterocycles. The molecule has 2 aromatic carbocycles. The number of methoxy groups -OCH3 is 1. The summed E-state index contributed by atoms with van der Waals surface area (Å²) in [5.41, 5.74) is 2.71. The first-order chi connectivity index (χ1) is 14.9. The minimum absolute atomic E-state index is 0.0214. The number of nitrogens with one attached hydrogen (secondary N) is 1. The Morgan fingerprint density at radius 3 is 2.68 bits per heavy atom. The van der Waals surface area contributed by atoms with Crippen molar-refractivity contribution in [3.8, 4) is 17.0 Å². The SMILES string of the molecule is COc1cc(C(C)=O)c([N+](=O)[O-])cc1Nc1cc(-c2ccc3c(ccn3C)c2)ncn1. The van der Waals surface area contributed by atoms with Gasteiger partial charge in [-0.1, -0.05) is 6.07 Å². The number of ketones is 1. The van der Waals surface area contributed by atoms with E-state index in [4.69, 9.17) is 4.74 Å². The Bertz CT molecular complexity index is 1330. The Balaban J connectivity index is 1.72. The highest BCUT2D eigenvalue weighted by Gasteiger charge is 2.22. The number of nitro groups is 1. The summed E-state index contributed by atoms with van der Waals surface area (Å²) < 4.78 is 7.36. The van der Waals surface area contributed by atoms with Gasteiger partial charge in [0.25, 0.3) is 5.69 Å². The first-order valence-electron chi connectivity index (χ1n) is 9.39. The minimum Gasteiger partial charge on any atom is -0.495 e. The van der Waals surface area contributed by atoms with Crippen molar-refractivity contribution >= 4 is 33.9 Å². The Labute approximate surface area is 177 Å². The van der Waals surface area contributed by atoms with Crippen molar-refractivity contribution in [1.82, 2.24) is 14.5 Å². The maximum atomic E-state index is 11.8. The highest BCUT2D eigenvalue weighted by atomic mass is 16.6. The molecule has 0 aliphatic rings. The molecular formula is C22H19N5O4. The summed E-state index contributed by atoms with van der Waals surface area (Å²) in [4.78, 5) is 31.2. The number of benzene rings is 2. The number of ether oxygens (including phenoxy) is 1. The average Bonchev–Trinajstić information content (AvgIpc) is 3.13. The van der Waals surface area contributed by atoms with Gasteiger partial charge in [0, 0.05) is 41.8 Å². The number of Topliss-reactive ketones (excluding diaryl/α,β-unsaturated/α-hetero) is 1. The molecule has 4 rings (SSSR count). The van der Waals surface area contributed by atoms with E-state index < -0.39 is 10.7 Å². The van der Waals surface area contributed by atoms with Gasteiger partial charge in [0.15, 0.2) is 5.78 Å². The fourth-order valence-corrected chi connectivity index (χ4v) is 3.43. The molecule has 0 saturated carbocycles. The zero-order valence-electron chi connectivity index (χ0n) is 17.1. The molecule has 156 valence electrons. The van der Waals surface area contributed by atoms with Crippen LogP contribution in [0.2, 0.25) is 0 Å². The molecule has 31 heavy (non-hydrogen) atoms. The van der Waals surface area contributed by atoms with Gasteiger partial charge in [0.05, 0.1) is 29.0 Å². The van der Waals surface area contributed by atoms with Crippen molar-refractivity contribution in [2.24, 2.45) is 7.05 Å². The summed E-state index contributed by atoms with van der Waals surface area (Å²) in [5, 5.41) is 15.6.